The molecule has 17 heavy (non-hydrogen) atoms. The van der Waals surface area contributed by atoms with Crippen LogP contribution in [-0.2, 0) is 4.79 Å². The molecule has 0 saturated carbocycles. The van der Waals surface area contributed by atoms with Crippen LogP contribution in [0.2, 0.25) is 0 Å². The fourth-order valence-electron chi connectivity index (χ4n) is 2.05. The third-order valence-corrected chi connectivity index (χ3v) is 3.42. The van der Waals surface area contributed by atoms with Crippen molar-refractivity contribution in [2.75, 3.05) is 24.3 Å². The van der Waals surface area contributed by atoms with Gasteiger partial charge in [-0.2, -0.15) is 12.6 Å². The Hall–Kier alpha value is -1.23. The zero-order chi connectivity index (χ0) is 12.4. The van der Waals surface area contributed by atoms with Gasteiger partial charge in [0.05, 0.1) is 12.8 Å². The van der Waals surface area contributed by atoms with Gasteiger partial charge in [0.2, 0.25) is 5.91 Å². The SMILES string of the molecule is COc1c(F)cccc1N1CC(CS)CC1=O. The molecule has 1 aliphatic heterocycles. The average Bonchev–Trinajstić information content (AvgIpc) is 2.70. The summed E-state index contributed by atoms with van der Waals surface area (Å²) in [4.78, 5) is 13.4. The predicted molar refractivity (Wildman–Crippen MR) is 67.3 cm³/mol. The highest BCUT2D eigenvalue weighted by atomic mass is 32.1. The lowest BCUT2D eigenvalue weighted by Gasteiger charge is -2.19. The van der Waals surface area contributed by atoms with Crippen LogP contribution in [0.25, 0.3) is 0 Å². The average molecular weight is 255 g/mol. The molecule has 0 N–H and O–H groups in total. The van der Waals surface area contributed by atoms with Crippen molar-refractivity contribution in [3.63, 3.8) is 0 Å². The summed E-state index contributed by atoms with van der Waals surface area (Å²) < 4.78 is 18.5. The molecule has 1 aromatic carbocycles. The highest BCUT2D eigenvalue weighted by molar-refractivity contribution is 7.80. The van der Waals surface area contributed by atoms with Crippen molar-refractivity contribution in [1.82, 2.24) is 0 Å². The van der Waals surface area contributed by atoms with Gasteiger partial charge in [0.15, 0.2) is 11.6 Å². The number of para-hydroxylation sites is 1. The van der Waals surface area contributed by atoms with Crippen LogP contribution < -0.4 is 9.64 Å². The van der Waals surface area contributed by atoms with Crippen LogP contribution in [0.4, 0.5) is 10.1 Å². The van der Waals surface area contributed by atoms with E-state index < -0.39 is 5.82 Å². The maximum absolute atomic E-state index is 13.5. The molecule has 3 nitrogen and oxygen atoms in total. The number of rotatable bonds is 3. The van der Waals surface area contributed by atoms with Gasteiger partial charge in [-0.15, -0.1) is 0 Å². The van der Waals surface area contributed by atoms with E-state index in [9.17, 15) is 9.18 Å². The van der Waals surface area contributed by atoms with E-state index in [1.807, 2.05) is 0 Å². The molecule has 1 heterocycles. The van der Waals surface area contributed by atoms with E-state index in [-0.39, 0.29) is 17.6 Å². The highest BCUT2D eigenvalue weighted by Gasteiger charge is 2.31. The fourth-order valence-corrected chi connectivity index (χ4v) is 2.29. The molecule has 0 bridgehead atoms. The molecular weight excluding hydrogens is 241 g/mol. The third kappa shape index (κ3) is 2.24. The summed E-state index contributed by atoms with van der Waals surface area (Å²) in [6, 6.07) is 4.59. The lowest BCUT2D eigenvalue weighted by molar-refractivity contribution is -0.117. The molecule has 1 amide bonds. The Bertz CT molecular complexity index is 439. The van der Waals surface area contributed by atoms with Crippen LogP contribution in [0.15, 0.2) is 18.2 Å². The van der Waals surface area contributed by atoms with Gasteiger partial charge in [0, 0.05) is 13.0 Å². The molecule has 0 spiro atoms. The van der Waals surface area contributed by atoms with Gasteiger partial charge in [-0.1, -0.05) is 6.07 Å². The first-order chi connectivity index (χ1) is 8.17. The van der Waals surface area contributed by atoms with E-state index in [0.29, 0.717) is 24.4 Å². The van der Waals surface area contributed by atoms with Crippen molar-refractivity contribution in [3.8, 4) is 5.75 Å². The Morgan fingerprint density at radius 1 is 1.59 bits per heavy atom. The number of nitrogens with zero attached hydrogens (tertiary/aromatic N) is 1. The first-order valence-electron chi connectivity index (χ1n) is 5.41. The maximum atomic E-state index is 13.5. The zero-order valence-corrected chi connectivity index (χ0v) is 10.4. The Morgan fingerprint density at radius 2 is 2.35 bits per heavy atom. The number of carbonyl (C=O) groups excluding carboxylic acids is 1. The number of methoxy groups -OCH3 is 1. The fraction of sp³-hybridized carbons (Fsp3) is 0.417. The number of hydrogen-bond donors (Lipinski definition) is 1. The zero-order valence-electron chi connectivity index (χ0n) is 9.52. The third-order valence-electron chi connectivity index (χ3n) is 2.90. The maximum Gasteiger partial charge on any atom is 0.227 e. The smallest absolute Gasteiger partial charge is 0.227 e. The van der Waals surface area contributed by atoms with E-state index in [0.717, 1.165) is 0 Å². The number of halogens is 1. The van der Waals surface area contributed by atoms with Gasteiger partial charge in [0.1, 0.15) is 0 Å². The summed E-state index contributed by atoms with van der Waals surface area (Å²) >= 11 is 4.19. The van der Waals surface area contributed by atoms with E-state index >= 15 is 0 Å². The van der Waals surface area contributed by atoms with Crippen LogP contribution in [0.1, 0.15) is 6.42 Å². The Balaban J connectivity index is 2.34. The topological polar surface area (TPSA) is 29.5 Å². The number of carbonyl (C=O) groups is 1. The molecule has 2 rings (SSSR count). The first kappa shape index (κ1) is 12.2. The molecule has 0 aliphatic carbocycles. The minimum Gasteiger partial charge on any atom is -0.492 e. The van der Waals surface area contributed by atoms with Crippen molar-refractivity contribution < 1.29 is 13.9 Å². The molecular formula is C12H14FNO2S. The molecule has 5 heteroatoms. The van der Waals surface area contributed by atoms with E-state index in [1.54, 1.807) is 17.0 Å². The van der Waals surface area contributed by atoms with E-state index in [4.69, 9.17) is 4.74 Å². The molecule has 1 aliphatic rings. The van der Waals surface area contributed by atoms with Gasteiger partial charge < -0.3 is 9.64 Å². The van der Waals surface area contributed by atoms with Gasteiger partial charge in [-0.25, -0.2) is 4.39 Å². The van der Waals surface area contributed by atoms with Gasteiger partial charge in [-0.05, 0) is 23.8 Å². The number of thiol groups is 1. The predicted octanol–water partition coefficient (Wildman–Crippen LogP) is 2.12. The lowest BCUT2D eigenvalue weighted by atomic mass is 10.1. The van der Waals surface area contributed by atoms with E-state index in [2.05, 4.69) is 12.6 Å². The molecule has 1 fully saturated rings. The van der Waals surface area contributed by atoms with Crippen LogP contribution in [0.5, 0.6) is 5.75 Å². The highest BCUT2D eigenvalue weighted by Crippen LogP contribution is 2.34. The second-order valence-corrected chi connectivity index (χ2v) is 4.41. The molecule has 1 unspecified atom stereocenters. The minimum absolute atomic E-state index is 0.00653. The first-order valence-corrected chi connectivity index (χ1v) is 6.04. The summed E-state index contributed by atoms with van der Waals surface area (Å²) in [6.07, 6.45) is 0.461. The van der Waals surface area contributed by atoms with Gasteiger partial charge >= 0.3 is 0 Å². The number of benzene rings is 1. The van der Waals surface area contributed by atoms with Crippen molar-refractivity contribution >= 4 is 24.2 Å². The quantitative estimate of drug-likeness (QED) is 0.838. The number of amides is 1. The van der Waals surface area contributed by atoms with E-state index in [1.165, 1.54) is 13.2 Å². The normalized spacial score (nSPS) is 19.8. The molecule has 1 aromatic rings. The van der Waals surface area contributed by atoms with Gasteiger partial charge in [0.25, 0.3) is 0 Å². The summed E-state index contributed by atoms with van der Waals surface area (Å²) in [7, 11) is 1.40. The van der Waals surface area contributed by atoms with Crippen molar-refractivity contribution in [1.29, 1.82) is 0 Å². The molecule has 92 valence electrons. The summed E-state index contributed by atoms with van der Waals surface area (Å²) in [5.41, 5.74) is 0.502. The summed E-state index contributed by atoms with van der Waals surface area (Å²) in [5, 5.41) is 0. The summed E-state index contributed by atoms with van der Waals surface area (Å²) in [6.45, 7) is 0.572. The lowest BCUT2D eigenvalue weighted by Crippen LogP contribution is -2.25. The second-order valence-electron chi connectivity index (χ2n) is 4.05. The Kier molecular flexibility index (Phi) is 3.57. The van der Waals surface area contributed by atoms with Gasteiger partial charge in [-0.3, -0.25) is 4.79 Å². The molecule has 1 atom stereocenters. The Labute approximate surface area is 105 Å². The van der Waals surface area contributed by atoms with Crippen molar-refractivity contribution in [2.45, 2.75) is 6.42 Å². The number of anilines is 1. The molecule has 1 saturated heterocycles. The molecule has 0 aromatic heterocycles. The van der Waals surface area contributed by atoms with Crippen LogP contribution in [-0.4, -0.2) is 25.3 Å². The molecule has 0 radical (unpaired) electrons. The van der Waals surface area contributed by atoms with Crippen molar-refractivity contribution in [2.24, 2.45) is 5.92 Å². The second kappa shape index (κ2) is 4.96. The number of ether oxygens (including phenoxy) is 1. The van der Waals surface area contributed by atoms with Crippen molar-refractivity contribution in [3.05, 3.63) is 24.0 Å². The monoisotopic (exact) mass is 255 g/mol. The number of hydrogen-bond acceptors (Lipinski definition) is 3. The largest absolute Gasteiger partial charge is 0.492 e. The van der Waals surface area contributed by atoms with Crippen LogP contribution in [0.3, 0.4) is 0 Å². The van der Waals surface area contributed by atoms with Crippen LogP contribution >= 0.6 is 12.6 Å². The standard InChI is InChI=1S/C12H14FNO2S/c1-16-12-9(13)3-2-4-10(12)14-6-8(7-17)5-11(14)15/h2-4,8,17H,5-7H2,1H3. The minimum atomic E-state index is -0.452. The van der Waals surface area contributed by atoms with Crippen LogP contribution in [0, 0.1) is 11.7 Å². The Morgan fingerprint density at radius 3 is 2.94 bits per heavy atom. The summed E-state index contributed by atoms with van der Waals surface area (Å²) in [5.74, 6) is 0.541.